The number of dihydropyridines is 1. The number of benzene rings is 1. The minimum Gasteiger partial charge on any atom is -0.478 e. The lowest BCUT2D eigenvalue weighted by atomic mass is 9.96. The number of carboxylic acid groups (broad SMARTS) is 1. The third kappa shape index (κ3) is 2.54. The third-order valence-electron chi connectivity index (χ3n) is 3.67. The molecule has 5 heteroatoms. The van der Waals surface area contributed by atoms with Crippen LogP contribution in [-0.2, 0) is 11.3 Å². The summed E-state index contributed by atoms with van der Waals surface area (Å²) in [5.74, 6) is -0.917. The zero-order valence-corrected chi connectivity index (χ0v) is 12.0. The van der Waals surface area contributed by atoms with Crippen LogP contribution in [0.1, 0.15) is 12.5 Å². The molecule has 0 aliphatic carbocycles. The lowest BCUT2D eigenvalue weighted by molar-refractivity contribution is -0.132. The number of carboxylic acids is 1. The molecule has 1 aliphatic rings. The van der Waals surface area contributed by atoms with Crippen molar-refractivity contribution in [2.75, 3.05) is 0 Å². The van der Waals surface area contributed by atoms with E-state index in [1.54, 1.807) is 18.4 Å². The van der Waals surface area contributed by atoms with E-state index in [1.165, 1.54) is 5.56 Å². The minimum absolute atomic E-state index is 0.295. The minimum atomic E-state index is -0.917. The molecule has 0 bridgehead atoms. The number of aryl methyl sites for hydroxylation is 1. The molecule has 1 aliphatic heterocycles. The van der Waals surface area contributed by atoms with Crippen LogP contribution in [0.15, 0.2) is 48.3 Å². The van der Waals surface area contributed by atoms with Crippen LogP contribution in [0, 0.1) is 6.92 Å². The van der Waals surface area contributed by atoms with E-state index in [2.05, 4.69) is 22.5 Å². The predicted molar refractivity (Wildman–Crippen MR) is 80.9 cm³/mol. The fourth-order valence-corrected chi connectivity index (χ4v) is 2.62. The van der Waals surface area contributed by atoms with E-state index in [9.17, 15) is 4.79 Å². The average molecular weight is 283 g/mol. The molecule has 0 saturated carbocycles. The van der Waals surface area contributed by atoms with Gasteiger partial charge in [-0.2, -0.15) is 5.10 Å². The van der Waals surface area contributed by atoms with Crippen LogP contribution in [0.4, 0.5) is 0 Å². The van der Waals surface area contributed by atoms with Crippen molar-refractivity contribution >= 4 is 16.9 Å². The summed E-state index contributed by atoms with van der Waals surface area (Å²) < 4.78 is 1.90. The fraction of sp³-hybridized carbons (Fsp3) is 0.250. The summed E-state index contributed by atoms with van der Waals surface area (Å²) in [6, 6.07) is 6.19. The van der Waals surface area contributed by atoms with Gasteiger partial charge in [0.25, 0.3) is 0 Å². The topological polar surface area (TPSA) is 67.2 Å². The molecule has 0 fully saturated rings. The fourth-order valence-electron chi connectivity index (χ4n) is 2.62. The Balaban J connectivity index is 1.95. The first-order valence-corrected chi connectivity index (χ1v) is 6.79. The summed E-state index contributed by atoms with van der Waals surface area (Å²) in [6.45, 7) is 4.56. The van der Waals surface area contributed by atoms with Crippen molar-refractivity contribution in [2.45, 2.75) is 25.9 Å². The quantitative estimate of drug-likeness (QED) is 0.906. The van der Waals surface area contributed by atoms with E-state index < -0.39 is 11.5 Å². The van der Waals surface area contributed by atoms with Gasteiger partial charge < -0.3 is 10.4 Å². The van der Waals surface area contributed by atoms with Gasteiger partial charge in [0.05, 0.1) is 29.4 Å². The zero-order chi connectivity index (χ0) is 15.0. The molecule has 108 valence electrons. The van der Waals surface area contributed by atoms with Gasteiger partial charge >= 0.3 is 5.97 Å². The van der Waals surface area contributed by atoms with Crippen molar-refractivity contribution in [1.82, 2.24) is 15.1 Å². The molecule has 0 amide bonds. The molecular weight excluding hydrogens is 266 g/mol. The second-order valence-electron chi connectivity index (χ2n) is 5.66. The van der Waals surface area contributed by atoms with Crippen molar-refractivity contribution in [2.24, 2.45) is 0 Å². The Morgan fingerprint density at radius 1 is 1.48 bits per heavy atom. The van der Waals surface area contributed by atoms with E-state index in [-0.39, 0.29) is 0 Å². The molecule has 0 spiro atoms. The number of fused-ring (bicyclic) bond motifs is 1. The molecule has 1 unspecified atom stereocenters. The van der Waals surface area contributed by atoms with Crippen LogP contribution in [0.3, 0.4) is 0 Å². The molecule has 1 aromatic heterocycles. The predicted octanol–water partition coefficient (Wildman–Crippen LogP) is 2.23. The van der Waals surface area contributed by atoms with Crippen molar-refractivity contribution in [3.05, 3.63) is 53.9 Å². The summed E-state index contributed by atoms with van der Waals surface area (Å²) in [6.07, 6.45) is 6.82. The molecule has 0 saturated heterocycles. The highest BCUT2D eigenvalue weighted by Crippen LogP contribution is 2.21. The summed E-state index contributed by atoms with van der Waals surface area (Å²) in [5.41, 5.74) is 2.05. The largest absolute Gasteiger partial charge is 0.478 e. The van der Waals surface area contributed by atoms with Crippen molar-refractivity contribution in [3.63, 3.8) is 0 Å². The van der Waals surface area contributed by atoms with Crippen LogP contribution >= 0.6 is 0 Å². The highest BCUT2D eigenvalue weighted by molar-refractivity contribution is 5.90. The number of hydrogen-bond acceptors (Lipinski definition) is 3. The summed E-state index contributed by atoms with van der Waals surface area (Å²) >= 11 is 0. The van der Waals surface area contributed by atoms with Gasteiger partial charge in [-0.05, 0) is 44.3 Å². The molecule has 0 radical (unpaired) electrons. The normalized spacial score (nSPS) is 21.1. The van der Waals surface area contributed by atoms with Crippen LogP contribution in [-0.4, -0.2) is 26.4 Å². The van der Waals surface area contributed by atoms with Crippen LogP contribution < -0.4 is 5.32 Å². The Morgan fingerprint density at radius 3 is 3.05 bits per heavy atom. The van der Waals surface area contributed by atoms with Crippen molar-refractivity contribution in [3.8, 4) is 0 Å². The highest BCUT2D eigenvalue weighted by Gasteiger charge is 2.26. The number of rotatable bonds is 3. The second-order valence-corrected chi connectivity index (χ2v) is 5.66. The maximum atomic E-state index is 11.1. The van der Waals surface area contributed by atoms with Gasteiger partial charge in [0.1, 0.15) is 0 Å². The van der Waals surface area contributed by atoms with E-state index in [0.29, 0.717) is 12.1 Å². The Hall–Kier alpha value is -2.56. The number of carbonyl (C=O) groups is 1. The van der Waals surface area contributed by atoms with Gasteiger partial charge in [0.15, 0.2) is 0 Å². The molecule has 2 heterocycles. The summed E-state index contributed by atoms with van der Waals surface area (Å²) in [7, 11) is 0. The Bertz CT molecular complexity index is 773. The second kappa shape index (κ2) is 4.77. The number of aromatic nitrogens is 2. The van der Waals surface area contributed by atoms with E-state index >= 15 is 0 Å². The van der Waals surface area contributed by atoms with Crippen molar-refractivity contribution in [1.29, 1.82) is 0 Å². The SMILES string of the molecule is Cc1ccc2c(cnn2CC2(C)C=C(C(=O)O)C=CN2)c1. The smallest absolute Gasteiger partial charge is 0.335 e. The van der Waals surface area contributed by atoms with Gasteiger partial charge in [-0.25, -0.2) is 4.79 Å². The Morgan fingerprint density at radius 2 is 2.29 bits per heavy atom. The molecule has 5 nitrogen and oxygen atoms in total. The highest BCUT2D eigenvalue weighted by atomic mass is 16.4. The first-order chi connectivity index (χ1) is 9.97. The molecule has 1 atom stereocenters. The molecule has 1 aromatic carbocycles. The lowest BCUT2D eigenvalue weighted by Gasteiger charge is -2.30. The first-order valence-electron chi connectivity index (χ1n) is 6.79. The maximum Gasteiger partial charge on any atom is 0.335 e. The molecule has 3 rings (SSSR count). The summed E-state index contributed by atoms with van der Waals surface area (Å²) in [4.78, 5) is 11.1. The van der Waals surface area contributed by atoms with Gasteiger partial charge in [-0.3, -0.25) is 4.68 Å². The van der Waals surface area contributed by atoms with Crippen LogP contribution in [0.5, 0.6) is 0 Å². The van der Waals surface area contributed by atoms with E-state index in [1.807, 2.05) is 30.8 Å². The number of hydrogen-bond donors (Lipinski definition) is 2. The molecule has 2 aromatic rings. The number of nitrogens with zero attached hydrogens (tertiary/aromatic N) is 2. The van der Waals surface area contributed by atoms with Gasteiger partial charge in [-0.1, -0.05) is 11.6 Å². The molecular formula is C16H17N3O2. The van der Waals surface area contributed by atoms with Crippen LogP contribution in [0.25, 0.3) is 10.9 Å². The molecule has 2 N–H and O–H groups in total. The maximum absolute atomic E-state index is 11.1. The van der Waals surface area contributed by atoms with E-state index in [0.717, 1.165) is 10.9 Å². The average Bonchev–Trinajstić information content (AvgIpc) is 2.80. The lowest BCUT2D eigenvalue weighted by Crippen LogP contribution is -2.43. The first kappa shape index (κ1) is 13.4. The Kier molecular flexibility index (Phi) is 3.05. The van der Waals surface area contributed by atoms with Gasteiger partial charge in [0, 0.05) is 5.39 Å². The zero-order valence-electron chi connectivity index (χ0n) is 12.0. The summed E-state index contributed by atoms with van der Waals surface area (Å²) in [5, 5.41) is 17.9. The molecule has 21 heavy (non-hydrogen) atoms. The standard InChI is InChI=1S/C16H17N3O2/c1-11-3-4-14-13(7-11)9-18-19(14)10-16(2)8-12(15(20)21)5-6-17-16/h3-9,17H,10H2,1-2H3,(H,20,21). The number of aliphatic carboxylic acids is 1. The van der Waals surface area contributed by atoms with Gasteiger partial charge in [0.2, 0.25) is 0 Å². The van der Waals surface area contributed by atoms with Crippen LogP contribution in [0.2, 0.25) is 0 Å². The van der Waals surface area contributed by atoms with E-state index in [4.69, 9.17) is 5.11 Å². The Labute approximate surface area is 122 Å². The van der Waals surface area contributed by atoms with Crippen molar-refractivity contribution < 1.29 is 9.90 Å². The number of nitrogens with one attached hydrogen (secondary N) is 1. The monoisotopic (exact) mass is 283 g/mol. The van der Waals surface area contributed by atoms with Gasteiger partial charge in [-0.15, -0.1) is 0 Å². The third-order valence-corrected chi connectivity index (χ3v) is 3.67.